The number of aromatic hydroxyl groups is 1. The maximum Gasteiger partial charge on any atom is 0.451 e. The van der Waals surface area contributed by atoms with E-state index in [9.17, 15) is 24.6 Å². The monoisotopic (exact) mass is 421 g/mol. The number of phenols is 1. The fourth-order valence-electron chi connectivity index (χ4n) is 3.42. The number of ether oxygens (including phenoxy) is 1. The van der Waals surface area contributed by atoms with Gasteiger partial charge in [-0.1, -0.05) is 6.07 Å². The summed E-state index contributed by atoms with van der Waals surface area (Å²) in [6.45, 7) is 1.61. The predicted octanol–water partition coefficient (Wildman–Crippen LogP) is -1.83. The van der Waals surface area contributed by atoms with Crippen LogP contribution in [0.5, 0.6) is 11.5 Å². The largest absolute Gasteiger partial charge is 0.507 e. The van der Waals surface area contributed by atoms with E-state index in [-0.39, 0.29) is 55.4 Å². The zero-order valence-electron chi connectivity index (χ0n) is 16.2. The maximum absolute atomic E-state index is 12.3. The number of aryl methyl sites for hydroxylation is 1. The summed E-state index contributed by atoms with van der Waals surface area (Å²) >= 11 is 0. The smallest absolute Gasteiger partial charge is 0.451 e. The Labute approximate surface area is 172 Å². The van der Waals surface area contributed by atoms with E-state index in [2.05, 4.69) is 10.6 Å². The van der Waals surface area contributed by atoms with Crippen LogP contribution in [0.3, 0.4) is 0 Å². The molecule has 2 fully saturated rings. The van der Waals surface area contributed by atoms with Crippen molar-refractivity contribution in [2.45, 2.75) is 31.3 Å². The van der Waals surface area contributed by atoms with Gasteiger partial charge in [-0.3, -0.25) is 9.59 Å². The van der Waals surface area contributed by atoms with Crippen LogP contribution >= 0.6 is 0 Å². The summed E-state index contributed by atoms with van der Waals surface area (Å²) in [5, 5.41) is 43.3. The molecule has 1 aromatic rings. The molecule has 2 aliphatic heterocycles. The Balaban J connectivity index is 1.58. The van der Waals surface area contributed by atoms with Gasteiger partial charge in [-0.05, 0) is 24.4 Å². The summed E-state index contributed by atoms with van der Waals surface area (Å²) in [7, 11) is -1.57. The Morgan fingerprint density at radius 1 is 1.23 bits per heavy atom. The Bertz CT molecular complexity index is 828. The molecule has 0 saturated carbocycles. The topological polar surface area (TPSA) is 169 Å². The molecule has 1 aromatic carbocycles. The van der Waals surface area contributed by atoms with Gasteiger partial charge in [0, 0.05) is 13.1 Å². The molecule has 2 heterocycles. The first-order chi connectivity index (χ1) is 14.3. The number of hydrogen-bond acceptors (Lipinski definition) is 8. The zero-order valence-corrected chi connectivity index (χ0v) is 16.2. The molecule has 0 radical (unpaired) electrons. The molecular weight excluding hydrogens is 397 g/mol. The molecule has 30 heavy (non-hydrogen) atoms. The quantitative estimate of drug-likeness (QED) is 0.265. The lowest BCUT2D eigenvalue weighted by Gasteiger charge is -2.40. The zero-order chi connectivity index (χ0) is 21.8. The van der Waals surface area contributed by atoms with Gasteiger partial charge in [-0.25, -0.2) is 4.79 Å². The number of carbonyl (C=O) groups excluding carboxylic acids is 2. The van der Waals surface area contributed by atoms with Crippen molar-refractivity contribution in [1.82, 2.24) is 15.5 Å². The van der Waals surface area contributed by atoms with Crippen molar-refractivity contribution in [1.29, 1.82) is 0 Å². The van der Waals surface area contributed by atoms with E-state index in [1.54, 1.807) is 0 Å². The number of nitrogens with one attached hydrogen (secondary N) is 2. The van der Waals surface area contributed by atoms with Crippen molar-refractivity contribution in [3.05, 3.63) is 23.3 Å². The van der Waals surface area contributed by atoms with E-state index in [0.29, 0.717) is 13.1 Å². The highest BCUT2D eigenvalue weighted by Crippen LogP contribution is 2.34. The standard InChI is InChI=1S/C18H24BN3O8/c23-14(7-12-17(25)21-6-5-20-12)22-8-11(9-22)30-13-2-1-10(3-4-19(28)29)16(24)15(13)18(26)27/h1-2,11-12,20,24,28-29H,3-9H2,(H,21,25)(H,26,27). The number of rotatable bonds is 8. The van der Waals surface area contributed by atoms with Crippen molar-refractivity contribution >= 4 is 24.9 Å². The fourth-order valence-corrected chi connectivity index (χ4v) is 3.42. The minimum absolute atomic E-state index is 0.0290. The van der Waals surface area contributed by atoms with Crippen LogP contribution < -0.4 is 15.4 Å². The number of amides is 2. The van der Waals surface area contributed by atoms with Crippen molar-refractivity contribution in [2.75, 3.05) is 26.2 Å². The number of carboxylic acid groups (broad SMARTS) is 1. The average molecular weight is 421 g/mol. The number of benzene rings is 1. The van der Waals surface area contributed by atoms with Crippen LogP contribution in [0.1, 0.15) is 22.3 Å². The van der Waals surface area contributed by atoms with Crippen LogP contribution in [-0.4, -0.2) is 88.4 Å². The normalized spacial score (nSPS) is 19.1. The lowest BCUT2D eigenvalue weighted by atomic mass is 9.82. The summed E-state index contributed by atoms with van der Waals surface area (Å²) in [4.78, 5) is 37.2. The lowest BCUT2D eigenvalue weighted by Crippen LogP contribution is -2.59. The number of hydrogen-bond donors (Lipinski definition) is 6. The van der Waals surface area contributed by atoms with Gasteiger partial charge >= 0.3 is 13.1 Å². The molecule has 0 spiro atoms. The summed E-state index contributed by atoms with van der Waals surface area (Å²) < 4.78 is 5.67. The van der Waals surface area contributed by atoms with Crippen molar-refractivity contribution in [2.24, 2.45) is 0 Å². The summed E-state index contributed by atoms with van der Waals surface area (Å²) in [5.41, 5.74) is -0.149. The molecular formula is C18H24BN3O8. The predicted molar refractivity (Wildman–Crippen MR) is 104 cm³/mol. The summed E-state index contributed by atoms with van der Waals surface area (Å²) in [5.74, 6) is -2.31. The second-order valence-corrected chi connectivity index (χ2v) is 7.31. The highest BCUT2D eigenvalue weighted by Gasteiger charge is 2.36. The number of carbonyl (C=O) groups is 3. The summed E-state index contributed by atoms with van der Waals surface area (Å²) in [6, 6.07) is 2.31. The van der Waals surface area contributed by atoms with Crippen LogP contribution in [0.4, 0.5) is 0 Å². The minimum atomic E-state index is -1.57. The van der Waals surface area contributed by atoms with Gasteiger partial charge in [-0.15, -0.1) is 0 Å². The van der Waals surface area contributed by atoms with Crippen molar-refractivity contribution < 1.29 is 39.4 Å². The van der Waals surface area contributed by atoms with Crippen LogP contribution in [-0.2, 0) is 16.0 Å². The molecule has 0 aliphatic carbocycles. The molecule has 162 valence electrons. The van der Waals surface area contributed by atoms with Crippen LogP contribution in [0.2, 0.25) is 6.32 Å². The average Bonchev–Trinajstić information content (AvgIpc) is 2.64. The minimum Gasteiger partial charge on any atom is -0.507 e. The highest BCUT2D eigenvalue weighted by atomic mass is 16.5. The van der Waals surface area contributed by atoms with E-state index in [1.807, 2.05) is 0 Å². The second-order valence-electron chi connectivity index (χ2n) is 7.31. The summed E-state index contributed by atoms with van der Waals surface area (Å²) in [6.07, 6.45) is -0.381. The molecule has 0 aromatic heterocycles. The first-order valence-corrected chi connectivity index (χ1v) is 9.66. The van der Waals surface area contributed by atoms with E-state index in [4.69, 9.17) is 14.8 Å². The van der Waals surface area contributed by atoms with E-state index in [1.165, 1.54) is 17.0 Å². The van der Waals surface area contributed by atoms with Gasteiger partial charge in [0.25, 0.3) is 0 Å². The molecule has 2 amide bonds. The molecule has 1 atom stereocenters. The fraction of sp³-hybridized carbons (Fsp3) is 0.500. The first-order valence-electron chi connectivity index (χ1n) is 9.66. The van der Waals surface area contributed by atoms with E-state index >= 15 is 0 Å². The Hall–Kier alpha value is -2.83. The van der Waals surface area contributed by atoms with Gasteiger partial charge in [0.15, 0.2) is 0 Å². The first kappa shape index (κ1) is 21.9. The third-order valence-corrected chi connectivity index (χ3v) is 5.11. The van der Waals surface area contributed by atoms with Gasteiger partial charge in [0.2, 0.25) is 11.8 Å². The molecule has 2 saturated heterocycles. The third kappa shape index (κ3) is 5.01. The molecule has 1 unspecified atom stereocenters. The van der Waals surface area contributed by atoms with Crippen molar-refractivity contribution in [3.63, 3.8) is 0 Å². The SMILES string of the molecule is O=C(O)c1c(OC2CN(C(=O)CC3NCCNC3=O)C2)ccc(CCB(O)O)c1O. The highest BCUT2D eigenvalue weighted by molar-refractivity contribution is 6.41. The Morgan fingerprint density at radius 2 is 1.97 bits per heavy atom. The van der Waals surface area contributed by atoms with Gasteiger partial charge in [0.1, 0.15) is 23.2 Å². The second kappa shape index (κ2) is 9.33. The van der Waals surface area contributed by atoms with Gasteiger partial charge in [0.05, 0.1) is 25.6 Å². The Kier molecular flexibility index (Phi) is 6.80. The van der Waals surface area contributed by atoms with E-state index < -0.39 is 36.5 Å². The molecule has 2 aliphatic rings. The Morgan fingerprint density at radius 3 is 2.60 bits per heavy atom. The van der Waals surface area contributed by atoms with Crippen LogP contribution in [0.25, 0.3) is 0 Å². The number of nitrogens with zero attached hydrogens (tertiary/aromatic N) is 1. The number of piperazine rings is 1. The lowest BCUT2D eigenvalue weighted by molar-refractivity contribution is -0.142. The number of likely N-dealkylation sites (tertiary alicyclic amines) is 1. The van der Waals surface area contributed by atoms with Gasteiger partial charge < -0.3 is 40.5 Å². The number of carboxylic acids is 1. The molecule has 11 nitrogen and oxygen atoms in total. The van der Waals surface area contributed by atoms with Crippen molar-refractivity contribution in [3.8, 4) is 11.5 Å². The molecule has 3 rings (SSSR count). The van der Waals surface area contributed by atoms with Crippen LogP contribution in [0, 0.1) is 0 Å². The molecule has 0 bridgehead atoms. The van der Waals surface area contributed by atoms with Crippen LogP contribution in [0.15, 0.2) is 12.1 Å². The maximum atomic E-state index is 12.3. The van der Waals surface area contributed by atoms with Gasteiger partial charge in [-0.2, -0.15) is 0 Å². The third-order valence-electron chi connectivity index (χ3n) is 5.11. The molecule has 12 heteroatoms. The van der Waals surface area contributed by atoms with E-state index in [0.717, 1.165) is 0 Å². The number of aromatic carboxylic acids is 1. The molecule has 6 N–H and O–H groups in total.